The molecule has 1 aliphatic heterocycles. The van der Waals surface area contributed by atoms with Crippen molar-refractivity contribution < 1.29 is 14.6 Å². The van der Waals surface area contributed by atoms with Crippen LogP contribution in [0.3, 0.4) is 0 Å². The molecule has 140 valence electrons. The monoisotopic (exact) mass is 363 g/mol. The number of phenols is 1. The molecule has 3 aromatic rings. The first-order chi connectivity index (χ1) is 13.3. The number of aromatic hydroxyl groups is 1. The molecule has 0 unspecified atom stereocenters. The van der Waals surface area contributed by atoms with Crippen LogP contribution in [0, 0.1) is 0 Å². The fourth-order valence-electron chi connectivity index (χ4n) is 3.54. The molecule has 27 heavy (non-hydrogen) atoms. The third-order valence-electron chi connectivity index (χ3n) is 5.00. The van der Waals surface area contributed by atoms with E-state index in [1.807, 2.05) is 48.5 Å². The van der Waals surface area contributed by atoms with E-state index in [0.29, 0.717) is 6.61 Å². The minimum Gasteiger partial charge on any atom is -0.508 e. The fraction of sp³-hybridized carbons (Fsp3) is 0.304. The number of hydrogen-bond acceptors (Lipinski definition) is 4. The first kappa shape index (κ1) is 17.7. The maximum Gasteiger partial charge on any atom is 0.135 e. The smallest absolute Gasteiger partial charge is 0.135 e. The summed E-state index contributed by atoms with van der Waals surface area (Å²) in [5, 5.41) is 11.6. The Bertz CT molecular complexity index is 886. The summed E-state index contributed by atoms with van der Waals surface area (Å²) in [4.78, 5) is 2.47. The van der Waals surface area contributed by atoms with Crippen LogP contribution < -0.4 is 9.47 Å². The van der Waals surface area contributed by atoms with Crippen molar-refractivity contribution in [2.24, 2.45) is 0 Å². The van der Waals surface area contributed by atoms with Crippen LogP contribution in [0.5, 0.6) is 23.0 Å². The largest absolute Gasteiger partial charge is 0.508 e. The summed E-state index contributed by atoms with van der Waals surface area (Å²) in [6.07, 6.45) is 3.97. The van der Waals surface area contributed by atoms with Crippen molar-refractivity contribution >= 4 is 10.8 Å². The molecule has 3 aromatic carbocycles. The van der Waals surface area contributed by atoms with Crippen molar-refractivity contribution in [3.05, 3.63) is 60.7 Å². The van der Waals surface area contributed by atoms with Crippen LogP contribution in [0.1, 0.15) is 19.3 Å². The van der Waals surface area contributed by atoms with Gasteiger partial charge in [-0.05, 0) is 79.8 Å². The molecule has 0 amide bonds. The molecule has 0 atom stereocenters. The summed E-state index contributed by atoms with van der Waals surface area (Å²) in [6, 6.07) is 18.8. The molecule has 0 spiro atoms. The SMILES string of the molecule is Oc1ccc2c(Oc3ccc(OCCN4CCCCC4)cc3)cccc2c1. The predicted octanol–water partition coefficient (Wildman–Crippen LogP) is 5.20. The fourth-order valence-corrected chi connectivity index (χ4v) is 3.54. The third-order valence-corrected chi connectivity index (χ3v) is 5.00. The molecular weight excluding hydrogens is 338 g/mol. The highest BCUT2D eigenvalue weighted by Gasteiger charge is 2.09. The Morgan fingerprint density at radius 3 is 2.44 bits per heavy atom. The number of piperidine rings is 1. The van der Waals surface area contributed by atoms with Crippen molar-refractivity contribution in [3.63, 3.8) is 0 Å². The van der Waals surface area contributed by atoms with Crippen LogP contribution in [0.15, 0.2) is 60.7 Å². The van der Waals surface area contributed by atoms with Crippen LogP contribution in [-0.2, 0) is 0 Å². The van der Waals surface area contributed by atoms with Crippen LogP contribution in [0.2, 0.25) is 0 Å². The maximum atomic E-state index is 9.64. The number of ether oxygens (including phenoxy) is 2. The van der Waals surface area contributed by atoms with Gasteiger partial charge in [0.05, 0.1) is 0 Å². The Labute approximate surface area is 160 Å². The molecular formula is C23H25NO3. The lowest BCUT2D eigenvalue weighted by Gasteiger charge is -2.26. The number of rotatable bonds is 6. The number of phenolic OH excluding ortho intramolecular Hbond substituents is 1. The number of nitrogens with zero attached hydrogens (tertiary/aromatic N) is 1. The molecule has 0 radical (unpaired) electrons. The van der Waals surface area contributed by atoms with Gasteiger partial charge in [0.2, 0.25) is 0 Å². The molecule has 0 saturated carbocycles. The Balaban J connectivity index is 1.36. The molecule has 4 nitrogen and oxygen atoms in total. The predicted molar refractivity (Wildman–Crippen MR) is 108 cm³/mol. The van der Waals surface area contributed by atoms with Gasteiger partial charge in [-0.25, -0.2) is 0 Å². The lowest BCUT2D eigenvalue weighted by Crippen LogP contribution is -2.33. The summed E-state index contributed by atoms with van der Waals surface area (Å²) in [7, 11) is 0. The van der Waals surface area contributed by atoms with Gasteiger partial charge in [0, 0.05) is 11.9 Å². The molecule has 1 aliphatic rings. The second-order valence-electron chi connectivity index (χ2n) is 6.99. The zero-order valence-corrected chi connectivity index (χ0v) is 15.4. The van der Waals surface area contributed by atoms with Gasteiger partial charge in [0.25, 0.3) is 0 Å². The molecule has 1 heterocycles. The van der Waals surface area contributed by atoms with E-state index >= 15 is 0 Å². The van der Waals surface area contributed by atoms with Gasteiger partial charge in [-0.3, -0.25) is 4.90 Å². The van der Waals surface area contributed by atoms with Gasteiger partial charge in [-0.1, -0.05) is 18.6 Å². The third kappa shape index (κ3) is 4.52. The first-order valence-electron chi connectivity index (χ1n) is 9.63. The second kappa shape index (κ2) is 8.31. The van der Waals surface area contributed by atoms with E-state index in [2.05, 4.69) is 4.90 Å². The quantitative estimate of drug-likeness (QED) is 0.653. The summed E-state index contributed by atoms with van der Waals surface area (Å²) < 4.78 is 11.9. The Morgan fingerprint density at radius 2 is 1.63 bits per heavy atom. The van der Waals surface area contributed by atoms with Gasteiger partial charge in [0.1, 0.15) is 29.6 Å². The Hall–Kier alpha value is -2.72. The van der Waals surface area contributed by atoms with Gasteiger partial charge >= 0.3 is 0 Å². The van der Waals surface area contributed by atoms with E-state index < -0.39 is 0 Å². The number of fused-ring (bicyclic) bond motifs is 1. The van der Waals surface area contributed by atoms with Crippen LogP contribution in [-0.4, -0.2) is 36.2 Å². The topological polar surface area (TPSA) is 41.9 Å². The van der Waals surface area contributed by atoms with Gasteiger partial charge in [-0.2, -0.15) is 0 Å². The molecule has 1 fully saturated rings. The van der Waals surface area contributed by atoms with Crippen molar-refractivity contribution in [2.75, 3.05) is 26.2 Å². The molecule has 4 rings (SSSR count). The van der Waals surface area contributed by atoms with Gasteiger partial charge < -0.3 is 14.6 Å². The first-order valence-corrected chi connectivity index (χ1v) is 9.63. The minimum atomic E-state index is 0.255. The Kier molecular flexibility index (Phi) is 5.45. The van der Waals surface area contributed by atoms with E-state index in [4.69, 9.17) is 9.47 Å². The van der Waals surface area contributed by atoms with Crippen LogP contribution >= 0.6 is 0 Å². The standard InChI is InChI=1S/C23H25NO3/c25-19-7-12-22-18(17-19)5-4-6-23(22)27-21-10-8-20(9-11-21)26-16-15-24-13-2-1-3-14-24/h4-12,17,25H,1-3,13-16H2. The van der Waals surface area contributed by atoms with E-state index in [9.17, 15) is 5.11 Å². The minimum absolute atomic E-state index is 0.255. The van der Waals surface area contributed by atoms with Gasteiger partial charge in [0.15, 0.2) is 0 Å². The van der Waals surface area contributed by atoms with E-state index in [1.165, 1.54) is 32.4 Å². The lowest BCUT2D eigenvalue weighted by molar-refractivity contribution is 0.183. The normalized spacial score (nSPS) is 15.0. The van der Waals surface area contributed by atoms with Gasteiger partial charge in [-0.15, -0.1) is 0 Å². The van der Waals surface area contributed by atoms with E-state index in [0.717, 1.165) is 34.6 Å². The summed E-state index contributed by atoms with van der Waals surface area (Å²) >= 11 is 0. The van der Waals surface area contributed by atoms with E-state index in [1.54, 1.807) is 12.1 Å². The van der Waals surface area contributed by atoms with Crippen molar-refractivity contribution in [1.82, 2.24) is 4.90 Å². The second-order valence-corrected chi connectivity index (χ2v) is 6.99. The van der Waals surface area contributed by atoms with Crippen molar-refractivity contribution in [2.45, 2.75) is 19.3 Å². The average Bonchev–Trinajstić information content (AvgIpc) is 2.70. The summed E-state index contributed by atoms with van der Waals surface area (Å²) in [5.41, 5.74) is 0. The molecule has 0 aliphatic carbocycles. The number of benzene rings is 3. The highest BCUT2D eigenvalue weighted by atomic mass is 16.5. The number of hydrogen-bond donors (Lipinski definition) is 1. The highest BCUT2D eigenvalue weighted by molar-refractivity contribution is 5.89. The molecule has 1 saturated heterocycles. The van der Waals surface area contributed by atoms with Crippen molar-refractivity contribution in [1.29, 1.82) is 0 Å². The zero-order chi connectivity index (χ0) is 18.5. The summed E-state index contributed by atoms with van der Waals surface area (Å²) in [6.45, 7) is 4.09. The van der Waals surface area contributed by atoms with Crippen LogP contribution in [0.25, 0.3) is 10.8 Å². The molecule has 1 N–H and O–H groups in total. The molecule has 0 aromatic heterocycles. The molecule has 0 bridgehead atoms. The summed E-state index contributed by atoms with van der Waals surface area (Å²) in [5.74, 6) is 2.65. The molecule has 4 heteroatoms. The zero-order valence-electron chi connectivity index (χ0n) is 15.4. The van der Waals surface area contributed by atoms with Crippen LogP contribution in [0.4, 0.5) is 0 Å². The number of likely N-dealkylation sites (tertiary alicyclic amines) is 1. The highest BCUT2D eigenvalue weighted by Crippen LogP contribution is 2.32. The maximum absolute atomic E-state index is 9.64. The Morgan fingerprint density at radius 1 is 0.852 bits per heavy atom. The average molecular weight is 363 g/mol. The van der Waals surface area contributed by atoms with Crippen molar-refractivity contribution in [3.8, 4) is 23.0 Å². The van der Waals surface area contributed by atoms with E-state index in [-0.39, 0.29) is 5.75 Å². The lowest BCUT2D eigenvalue weighted by atomic mass is 10.1.